The molecule has 0 aliphatic rings. The van der Waals surface area contributed by atoms with Crippen LogP contribution in [0.15, 0.2) is 24.3 Å². The number of carbonyl (C=O) groups excluding carboxylic acids is 1. The third kappa shape index (κ3) is 4.19. The Hall–Kier alpha value is -1.64. The second-order valence-corrected chi connectivity index (χ2v) is 6.35. The summed E-state index contributed by atoms with van der Waals surface area (Å²) < 4.78 is 24.1. The first kappa shape index (κ1) is 15.4. The molecule has 7 nitrogen and oxygen atoms in total. The number of nitrogens with two attached hydrogens (primary N) is 1. The van der Waals surface area contributed by atoms with Crippen LogP contribution in [0.4, 0.5) is 5.69 Å². The lowest BCUT2D eigenvalue weighted by molar-refractivity contribution is 0.0957. The number of nitrogens with one attached hydrogen (secondary N) is 2. The molecule has 0 saturated heterocycles. The fourth-order valence-corrected chi connectivity index (χ4v) is 2.10. The zero-order valence-corrected chi connectivity index (χ0v) is 11.7. The van der Waals surface area contributed by atoms with Crippen LogP contribution in [0.5, 0.6) is 0 Å². The number of anilines is 1. The number of amides is 1. The van der Waals surface area contributed by atoms with Gasteiger partial charge >= 0.3 is 0 Å². The van der Waals surface area contributed by atoms with Gasteiger partial charge in [0.1, 0.15) is 0 Å². The second-order valence-electron chi connectivity index (χ2n) is 4.04. The zero-order valence-electron chi connectivity index (χ0n) is 10.9. The number of para-hydroxylation sites is 1. The van der Waals surface area contributed by atoms with E-state index in [1.807, 2.05) is 0 Å². The summed E-state index contributed by atoms with van der Waals surface area (Å²) in [6.07, 6.45) is 0. The van der Waals surface area contributed by atoms with E-state index in [9.17, 15) is 13.2 Å². The molecule has 0 fully saturated rings. The van der Waals surface area contributed by atoms with Crippen LogP contribution < -0.4 is 16.6 Å². The SMILES string of the molecule is CN(C)S(=O)(=O)CCNC(=O)c1ccccc1NN. The van der Waals surface area contributed by atoms with Crippen molar-refractivity contribution in [3.8, 4) is 0 Å². The van der Waals surface area contributed by atoms with E-state index in [-0.39, 0.29) is 18.2 Å². The highest BCUT2D eigenvalue weighted by molar-refractivity contribution is 7.89. The molecule has 1 aromatic rings. The van der Waals surface area contributed by atoms with Gasteiger partial charge in [-0.15, -0.1) is 0 Å². The fourth-order valence-electron chi connectivity index (χ4n) is 1.38. The highest BCUT2D eigenvalue weighted by Gasteiger charge is 2.15. The lowest BCUT2D eigenvalue weighted by atomic mass is 10.1. The monoisotopic (exact) mass is 286 g/mol. The highest BCUT2D eigenvalue weighted by atomic mass is 32.2. The van der Waals surface area contributed by atoms with Gasteiger partial charge in [0.15, 0.2) is 0 Å². The molecule has 0 saturated carbocycles. The van der Waals surface area contributed by atoms with Gasteiger partial charge < -0.3 is 10.7 Å². The Morgan fingerprint density at radius 2 is 1.95 bits per heavy atom. The summed E-state index contributed by atoms with van der Waals surface area (Å²) >= 11 is 0. The maximum Gasteiger partial charge on any atom is 0.253 e. The predicted molar refractivity (Wildman–Crippen MR) is 74.1 cm³/mol. The van der Waals surface area contributed by atoms with Crippen LogP contribution in [0.1, 0.15) is 10.4 Å². The summed E-state index contributed by atoms with van der Waals surface area (Å²) in [6.45, 7) is 0.0399. The number of nitrogen functional groups attached to an aromatic ring is 1. The lowest BCUT2D eigenvalue weighted by Crippen LogP contribution is -2.34. The normalized spacial score (nSPS) is 11.4. The largest absolute Gasteiger partial charge is 0.351 e. The summed E-state index contributed by atoms with van der Waals surface area (Å²) in [5, 5.41) is 2.54. The van der Waals surface area contributed by atoms with Gasteiger partial charge in [-0.2, -0.15) is 0 Å². The van der Waals surface area contributed by atoms with E-state index in [1.54, 1.807) is 24.3 Å². The van der Waals surface area contributed by atoms with Gasteiger partial charge in [-0.25, -0.2) is 12.7 Å². The Morgan fingerprint density at radius 3 is 2.53 bits per heavy atom. The molecule has 0 heterocycles. The number of hydrogen-bond acceptors (Lipinski definition) is 5. The number of hydrazine groups is 1. The molecule has 0 spiro atoms. The molecular formula is C11H18N4O3S. The fraction of sp³-hybridized carbons (Fsp3) is 0.364. The van der Waals surface area contributed by atoms with E-state index < -0.39 is 10.0 Å². The number of benzene rings is 1. The van der Waals surface area contributed by atoms with Crippen molar-refractivity contribution in [2.75, 3.05) is 31.8 Å². The maximum absolute atomic E-state index is 11.9. The van der Waals surface area contributed by atoms with Crippen molar-refractivity contribution in [1.82, 2.24) is 9.62 Å². The van der Waals surface area contributed by atoms with Crippen molar-refractivity contribution in [2.45, 2.75) is 0 Å². The summed E-state index contributed by atoms with van der Waals surface area (Å²) in [6, 6.07) is 6.70. The van der Waals surface area contributed by atoms with Crippen LogP contribution in [0.2, 0.25) is 0 Å². The minimum absolute atomic E-state index is 0.0399. The van der Waals surface area contributed by atoms with Crippen molar-refractivity contribution in [3.05, 3.63) is 29.8 Å². The zero-order chi connectivity index (χ0) is 14.5. The summed E-state index contributed by atoms with van der Waals surface area (Å²) in [5.74, 6) is 4.77. The van der Waals surface area contributed by atoms with E-state index in [2.05, 4.69) is 10.7 Å². The minimum Gasteiger partial charge on any atom is -0.351 e. The number of hydrogen-bond donors (Lipinski definition) is 3. The number of sulfonamides is 1. The van der Waals surface area contributed by atoms with Crippen LogP contribution in [0.25, 0.3) is 0 Å². The summed E-state index contributed by atoms with van der Waals surface area (Å²) in [7, 11) is -0.415. The van der Waals surface area contributed by atoms with E-state index in [1.165, 1.54) is 14.1 Å². The Labute approximate surface area is 112 Å². The van der Waals surface area contributed by atoms with Gasteiger partial charge in [0.05, 0.1) is 17.0 Å². The summed E-state index contributed by atoms with van der Waals surface area (Å²) in [4.78, 5) is 11.9. The number of nitrogens with zero attached hydrogens (tertiary/aromatic N) is 1. The van der Waals surface area contributed by atoms with Crippen molar-refractivity contribution >= 4 is 21.6 Å². The van der Waals surface area contributed by atoms with Gasteiger partial charge in [-0.1, -0.05) is 12.1 Å². The molecule has 0 aliphatic carbocycles. The quantitative estimate of drug-likeness (QED) is 0.487. The molecule has 1 aromatic carbocycles. The third-order valence-corrected chi connectivity index (χ3v) is 4.36. The maximum atomic E-state index is 11.9. The molecule has 0 radical (unpaired) electrons. The van der Waals surface area contributed by atoms with Crippen molar-refractivity contribution < 1.29 is 13.2 Å². The van der Waals surface area contributed by atoms with Crippen molar-refractivity contribution in [2.24, 2.45) is 5.84 Å². The van der Waals surface area contributed by atoms with Crippen LogP contribution >= 0.6 is 0 Å². The molecule has 19 heavy (non-hydrogen) atoms. The molecular weight excluding hydrogens is 268 g/mol. The van der Waals surface area contributed by atoms with Crippen LogP contribution in [-0.2, 0) is 10.0 Å². The standard InChI is InChI=1S/C11H18N4O3S/c1-15(2)19(17,18)8-7-13-11(16)9-5-3-4-6-10(9)14-12/h3-6,14H,7-8,12H2,1-2H3,(H,13,16). The van der Waals surface area contributed by atoms with Gasteiger partial charge in [-0.05, 0) is 12.1 Å². The van der Waals surface area contributed by atoms with E-state index in [0.717, 1.165) is 4.31 Å². The minimum atomic E-state index is -3.31. The first-order valence-corrected chi connectivity index (χ1v) is 7.23. The molecule has 4 N–H and O–H groups in total. The average Bonchev–Trinajstić information content (AvgIpc) is 2.38. The Morgan fingerprint density at radius 1 is 1.32 bits per heavy atom. The molecule has 0 aliphatic heterocycles. The van der Waals surface area contributed by atoms with Gasteiger partial charge in [0.25, 0.3) is 5.91 Å². The molecule has 0 aromatic heterocycles. The molecule has 1 amide bonds. The Balaban J connectivity index is 2.62. The van der Waals surface area contributed by atoms with E-state index >= 15 is 0 Å². The van der Waals surface area contributed by atoms with Gasteiger partial charge in [-0.3, -0.25) is 10.6 Å². The third-order valence-electron chi connectivity index (χ3n) is 2.53. The van der Waals surface area contributed by atoms with Crippen molar-refractivity contribution in [1.29, 1.82) is 0 Å². The molecule has 8 heteroatoms. The first-order chi connectivity index (χ1) is 8.88. The van der Waals surface area contributed by atoms with Crippen LogP contribution in [-0.4, -0.2) is 45.0 Å². The summed E-state index contributed by atoms with van der Waals surface area (Å²) in [5.41, 5.74) is 3.26. The predicted octanol–water partition coefficient (Wildman–Crippen LogP) is -0.407. The molecule has 106 valence electrons. The molecule has 1 rings (SSSR count). The topological polar surface area (TPSA) is 105 Å². The van der Waals surface area contributed by atoms with Crippen LogP contribution in [0, 0.1) is 0 Å². The number of carbonyl (C=O) groups is 1. The van der Waals surface area contributed by atoms with E-state index in [4.69, 9.17) is 5.84 Å². The molecule has 0 bridgehead atoms. The first-order valence-electron chi connectivity index (χ1n) is 5.62. The smallest absolute Gasteiger partial charge is 0.253 e. The Kier molecular flexibility index (Phi) is 5.28. The molecule has 0 atom stereocenters. The average molecular weight is 286 g/mol. The van der Waals surface area contributed by atoms with Crippen LogP contribution in [0.3, 0.4) is 0 Å². The Bertz CT molecular complexity index is 543. The van der Waals surface area contributed by atoms with E-state index in [0.29, 0.717) is 11.3 Å². The molecule has 0 unspecified atom stereocenters. The second kappa shape index (κ2) is 6.50. The highest BCUT2D eigenvalue weighted by Crippen LogP contribution is 2.12. The lowest BCUT2D eigenvalue weighted by Gasteiger charge is -2.12. The van der Waals surface area contributed by atoms with Gasteiger partial charge in [0.2, 0.25) is 10.0 Å². The number of rotatable bonds is 6. The van der Waals surface area contributed by atoms with Crippen molar-refractivity contribution in [3.63, 3.8) is 0 Å². The van der Waals surface area contributed by atoms with Gasteiger partial charge in [0, 0.05) is 20.6 Å².